The smallest absolute Gasteiger partial charge is 0.150 e. The highest BCUT2D eigenvalue weighted by atomic mass is 16.5. The molecule has 0 atom stereocenters. The van der Waals surface area contributed by atoms with E-state index in [1.54, 1.807) is 43.5 Å². The summed E-state index contributed by atoms with van der Waals surface area (Å²) in [6, 6.07) is 12.1. The third-order valence-electron chi connectivity index (χ3n) is 2.54. The van der Waals surface area contributed by atoms with E-state index in [9.17, 15) is 9.90 Å². The first-order valence-corrected chi connectivity index (χ1v) is 5.17. The number of hydrogen-bond acceptors (Lipinski definition) is 3. The van der Waals surface area contributed by atoms with Crippen LogP contribution in [0.3, 0.4) is 0 Å². The number of benzene rings is 2. The van der Waals surface area contributed by atoms with E-state index in [1.807, 2.05) is 6.07 Å². The summed E-state index contributed by atoms with van der Waals surface area (Å²) in [5.74, 6) is 0.859. The van der Waals surface area contributed by atoms with Crippen LogP contribution in [0.4, 0.5) is 0 Å². The monoisotopic (exact) mass is 228 g/mol. The maximum absolute atomic E-state index is 10.7. The van der Waals surface area contributed by atoms with Gasteiger partial charge < -0.3 is 9.84 Å². The van der Waals surface area contributed by atoms with Crippen LogP contribution in [-0.4, -0.2) is 18.5 Å². The van der Waals surface area contributed by atoms with E-state index in [2.05, 4.69) is 0 Å². The lowest BCUT2D eigenvalue weighted by Crippen LogP contribution is -1.90. The van der Waals surface area contributed by atoms with Crippen LogP contribution in [-0.2, 0) is 0 Å². The maximum atomic E-state index is 10.7. The van der Waals surface area contributed by atoms with Gasteiger partial charge in [-0.2, -0.15) is 0 Å². The number of methoxy groups -OCH3 is 1. The van der Waals surface area contributed by atoms with Gasteiger partial charge in [0.1, 0.15) is 17.8 Å². The average molecular weight is 228 g/mol. The highest BCUT2D eigenvalue weighted by Gasteiger charge is 2.06. The molecule has 3 nitrogen and oxygen atoms in total. The number of ether oxygens (including phenoxy) is 1. The Morgan fingerprint density at radius 2 is 1.82 bits per heavy atom. The molecular weight excluding hydrogens is 216 g/mol. The number of aromatic hydroxyl groups is 1. The summed E-state index contributed by atoms with van der Waals surface area (Å²) in [5.41, 5.74) is 2.39. The van der Waals surface area contributed by atoms with E-state index < -0.39 is 0 Å². The number of phenolic OH excluding ortho intramolecular Hbond substituents is 1. The zero-order valence-corrected chi connectivity index (χ0v) is 9.38. The topological polar surface area (TPSA) is 46.5 Å². The Morgan fingerprint density at radius 3 is 2.41 bits per heavy atom. The molecule has 2 rings (SSSR count). The Hall–Kier alpha value is -2.29. The van der Waals surface area contributed by atoms with E-state index in [4.69, 9.17) is 4.74 Å². The highest BCUT2D eigenvalue weighted by Crippen LogP contribution is 2.31. The first-order chi connectivity index (χ1) is 8.24. The van der Waals surface area contributed by atoms with Gasteiger partial charge in [-0.25, -0.2) is 0 Å². The molecule has 0 saturated heterocycles. The van der Waals surface area contributed by atoms with Crippen LogP contribution in [0.15, 0.2) is 42.5 Å². The van der Waals surface area contributed by atoms with Crippen LogP contribution in [0.2, 0.25) is 0 Å². The van der Waals surface area contributed by atoms with Crippen molar-refractivity contribution in [2.24, 2.45) is 0 Å². The molecule has 17 heavy (non-hydrogen) atoms. The van der Waals surface area contributed by atoms with Crippen molar-refractivity contribution < 1.29 is 14.6 Å². The van der Waals surface area contributed by atoms with Crippen molar-refractivity contribution in [2.45, 2.75) is 0 Å². The van der Waals surface area contributed by atoms with E-state index in [-0.39, 0.29) is 5.75 Å². The highest BCUT2D eigenvalue weighted by molar-refractivity contribution is 5.80. The Labute approximate surface area is 99.3 Å². The molecule has 0 aliphatic rings. The number of aldehydes is 1. The summed E-state index contributed by atoms with van der Waals surface area (Å²) in [6.45, 7) is 0. The van der Waals surface area contributed by atoms with Crippen molar-refractivity contribution in [3.8, 4) is 22.6 Å². The Balaban J connectivity index is 2.51. The van der Waals surface area contributed by atoms with E-state index in [0.717, 1.165) is 17.4 Å². The van der Waals surface area contributed by atoms with Crippen LogP contribution < -0.4 is 4.74 Å². The number of carbonyl (C=O) groups excluding carboxylic acids is 1. The van der Waals surface area contributed by atoms with E-state index in [1.165, 1.54) is 0 Å². The largest absolute Gasteiger partial charge is 0.508 e. The molecule has 0 unspecified atom stereocenters. The second-order valence-corrected chi connectivity index (χ2v) is 3.62. The van der Waals surface area contributed by atoms with Gasteiger partial charge in [0.25, 0.3) is 0 Å². The van der Waals surface area contributed by atoms with Crippen molar-refractivity contribution in [2.75, 3.05) is 7.11 Å². The predicted octanol–water partition coefficient (Wildman–Crippen LogP) is 2.88. The predicted molar refractivity (Wildman–Crippen MR) is 65.5 cm³/mol. The van der Waals surface area contributed by atoms with Crippen molar-refractivity contribution in [3.05, 3.63) is 48.0 Å². The first-order valence-electron chi connectivity index (χ1n) is 5.17. The lowest BCUT2D eigenvalue weighted by Gasteiger charge is -2.09. The summed E-state index contributed by atoms with van der Waals surface area (Å²) in [4.78, 5) is 10.7. The molecule has 0 aliphatic heterocycles. The van der Waals surface area contributed by atoms with Crippen molar-refractivity contribution in [3.63, 3.8) is 0 Å². The number of carbonyl (C=O) groups is 1. The lowest BCUT2D eigenvalue weighted by molar-refractivity contribution is 0.112. The molecule has 0 radical (unpaired) electrons. The summed E-state index contributed by atoms with van der Waals surface area (Å²) < 4.78 is 5.25. The zero-order chi connectivity index (χ0) is 12.3. The van der Waals surface area contributed by atoms with Gasteiger partial charge in [0.05, 0.1) is 7.11 Å². The van der Waals surface area contributed by atoms with Gasteiger partial charge in [0, 0.05) is 11.1 Å². The molecule has 0 fully saturated rings. The summed E-state index contributed by atoms with van der Waals surface area (Å²) in [5, 5.41) is 9.23. The third-order valence-corrected chi connectivity index (χ3v) is 2.54. The molecule has 0 amide bonds. The molecule has 0 saturated carbocycles. The molecule has 1 N–H and O–H groups in total. The quantitative estimate of drug-likeness (QED) is 0.821. The summed E-state index contributed by atoms with van der Waals surface area (Å²) >= 11 is 0. The molecule has 0 aliphatic carbocycles. The van der Waals surface area contributed by atoms with Gasteiger partial charge in [-0.1, -0.05) is 18.2 Å². The molecule has 3 heteroatoms. The first kappa shape index (κ1) is 11.2. The third kappa shape index (κ3) is 2.28. The fourth-order valence-corrected chi connectivity index (χ4v) is 1.66. The molecule has 0 bridgehead atoms. The normalized spacial score (nSPS) is 9.94. The van der Waals surface area contributed by atoms with Crippen LogP contribution in [0.1, 0.15) is 10.4 Å². The van der Waals surface area contributed by atoms with Crippen molar-refractivity contribution in [1.82, 2.24) is 0 Å². The second kappa shape index (κ2) is 4.70. The lowest BCUT2D eigenvalue weighted by atomic mass is 10.0. The maximum Gasteiger partial charge on any atom is 0.150 e. The van der Waals surface area contributed by atoms with Crippen LogP contribution in [0, 0.1) is 0 Å². The van der Waals surface area contributed by atoms with E-state index in [0.29, 0.717) is 11.3 Å². The van der Waals surface area contributed by atoms with Crippen LogP contribution in [0.5, 0.6) is 11.5 Å². The van der Waals surface area contributed by atoms with Crippen LogP contribution in [0.25, 0.3) is 11.1 Å². The fraction of sp³-hybridized carbons (Fsp3) is 0.0714. The van der Waals surface area contributed by atoms with Crippen LogP contribution >= 0.6 is 0 Å². The summed E-state index contributed by atoms with van der Waals surface area (Å²) in [6.07, 6.45) is 0.781. The van der Waals surface area contributed by atoms with Gasteiger partial charge >= 0.3 is 0 Å². The van der Waals surface area contributed by atoms with Gasteiger partial charge in [0.15, 0.2) is 0 Å². The van der Waals surface area contributed by atoms with Crippen molar-refractivity contribution in [1.29, 1.82) is 0 Å². The SMILES string of the molecule is COc1cc(C=O)ccc1-c1ccc(O)cc1. The Bertz CT molecular complexity index is 530. The standard InChI is InChI=1S/C14H12O3/c1-17-14-8-10(9-15)2-7-13(14)11-3-5-12(16)6-4-11/h2-9,16H,1H3. The molecule has 2 aromatic carbocycles. The Morgan fingerprint density at radius 1 is 1.12 bits per heavy atom. The minimum absolute atomic E-state index is 0.220. The number of hydrogen-bond donors (Lipinski definition) is 1. The van der Waals surface area contributed by atoms with Gasteiger partial charge in [-0.15, -0.1) is 0 Å². The minimum Gasteiger partial charge on any atom is -0.508 e. The molecule has 86 valence electrons. The molecule has 0 spiro atoms. The van der Waals surface area contributed by atoms with Gasteiger partial charge in [-0.3, -0.25) is 4.79 Å². The zero-order valence-electron chi connectivity index (χ0n) is 9.38. The fourth-order valence-electron chi connectivity index (χ4n) is 1.66. The second-order valence-electron chi connectivity index (χ2n) is 3.62. The molecule has 2 aromatic rings. The van der Waals surface area contributed by atoms with E-state index >= 15 is 0 Å². The Kier molecular flexibility index (Phi) is 3.10. The molecule has 0 aromatic heterocycles. The minimum atomic E-state index is 0.220. The number of rotatable bonds is 3. The molecular formula is C14H12O3. The van der Waals surface area contributed by atoms with Gasteiger partial charge in [-0.05, 0) is 29.8 Å². The number of phenols is 1. The van der Waals surface area contributed by atoms with Crippen molar-refractivity contribution >= 4 is 6.29 Å². The van der Waals surface area contributed by atoms with Gasteiger partial charge in [0.2, 0.25) is 0 Å². The average Bonchev–Trinajstić information content (AvgIpc) is 2.39. The molecule has 0 heterocycles. The summed E-state index contributed by atoms with van der Waals surface area (Å²) in [7, 11) is 1.56.